The van der Waals surface area contributed by atoms with Crippen molar-refractivity contribution in [3.8, 4) is 5.82 Å². The second-order valence-electron chi connectivity index (χ2n) is 3.83. The molecule has 2 aromatic rings. The SMILES string of the molecule is Cc1nn(-c2c(C(=N)N)c(C)nn2C)cc1Cl. The molecule has 6 nitrogen and oxygen atoms in total. The van der Waals surface area contributed by atoms with Crippen molar-refractivity contribution in [2.24, 2.45) is 12.8 Å². The van der Waals surface area contributed by atoms with Crippen LogP contribution < -0.4 is 5.73 Å². The van der Waals surface area contributed by atoms with Gasteiger partial charge in [0.15, 0.2) is 5.82 Å². The molecule has 0 fully saturated rings. The minimum absolute atomic E-state index is 0.0325. The summed E-state index contributed by atoms with van der Waals surface area (Å²) in [5.74, 6) is 0.611. The number of amidine groups is 1. The van der Waals surface area contributed by atoms with Gasteiger partial charge in [0.25, 0.3) is 0 Å². The highest BCUT2D eigenvalue weighted by Crippen LogP contribution is 2.20. The van der Waals surface area contributed by atoms with Crippen LogP contribution in [0, 0.1) is 19.3 Å². The molecule has 0 saturated carbocycles. The molecule has 0 amide bonds. The van der Waals surface area contributed by atoms with Crippen molar-refractivity contribution in [1.82, 2.24) is 19.6 Å². The highest BCUT2D eigenvalue weighted by Gasteiger charge is 2.18. The summed E-state index contributed by atoms with van der Waals surface area (Å²) in [7, 11) is 1.78. The van der Waals surface area contributed by atoms with E-state index in [1.807, 2.05) is 6.92 Å². The summed E-state index contributed by atoms with van der Waals surface area (Å²) in [4.78, 5) is 0. The highest BCUT2D eigenvalue weighted by atomic mass is 35.5. The number of halogens is 1. The molecule has 0 aliphatic carbocycles. The molecule has 2 aromatic heterocycles. The molecular weight excluding hydrogens is 240 g/mol. The monoisotopic (exact) mass is 252 g/mol. The van der Waals surface area contributed by atoms with Crippen LogP contribution in [0.4, 0.5) is 0 Å². The first-order chi connectivity index (χ1) is 7.91. The summed E-state index contributed by atoms with van der Waals surface area (Å²) in [5, 5.41) is 16.7. The Balaban J connectivity index is 2.70. The molecule has 17 heavy (non-hydrogen) atoms. The fourth-order valence-corrected chi connectivity index (χ4v) is 1.90. The van der Waals surface area contributed by atoms with E-state index in [4.69, 9.17) is 22.7 Å². The number of rotatable bonds is 2. The van der Waals surface area contributed by atoms with Crippen LogP contribution >= 0.6 is 11.6 Å². The Morgan fingerprint density at radius 2 is 2.00 bits per heavy atom. The van der Waals surface area contributed by atoms with E-state index in [1.54, 1.807) is 29.5 Å². The molecule has 0 bridgehead atoms. The third-order valence-electron chi connectivity index (χ3n) is 2.52. The number of aryl methyl sites for hydroxylation is 3. The average Bonchev–Trinajstić information content (AvgIpc) is 2.68. The maximum Gasteiger partial charge on any atom is 0.163 e. The highest BCUT2D eigenvalue weighted by molar-refractivity contribution is 6.31. The van der Waals surface area contributed by atoms with E-state index in [1.165, 1.54) is 0 Å². The third-order valence-corrected chi connectivity index (χ3v) is 2.89. The van der Waals surface area contributed by atoms with E-state index in [2.05, 4.69) is 10.2 Å². The molecule has 90 valence electrons. The van der Waals surface area contributed by atoms with E-state index < -0.39 is 0 Å². The fourth-order valence-electron chi connectivity index (χ4n) is 1.77. The van der Waals surface area contributed by atoms with Gasteiger partial charge in [-0.15, -0.1) is 0 Å². The number of nitrogens with zero attached hydrogens (tertiary/aromatic N) is 4. The van der Waals surface area contributed by atoms with E-state index >= 15 is 0 Å². The molecule has 2 rings (SSSR count). The van der Waals surface area contributed by atoms with Crippen molar-refractivity contribution in [3.63, 3.8) is 0 Å². The number of aromatic nitrogens is 4. The van der Waals surface area contributed by atoms with E-state index in [-0.39, 0.29) is 5.84 Å². The lowest BCUT2D eigenvalue weighted by Crippen LogP contribution is -2.16. The Labute approximate surface area is 103 Å². The van der Waals surface area contributed by atoms with E-state index in [0.717, 1.165) is 5.69 Å². The number of nitrogens with two attached hydrogens (primary N) is 1. The van der Waals surface area contributed by atoms with E-state index in [9.17, 15) is 0 Å². The van der Waals surface area contributed by atoms with Crippen LogP contribution in [0.3, 0.4) is 0 Å². The number of hydrogen-bond acceptors (Lipinski definition) is 3. The lowest BCUT2D eigenvalue weighted by Gasteiger charge is -2.04. The van der Waals surface area contributed by atoms with Crippen molar-refractivity contribution in [1.29, 1.82) is 5.41 Å². The summed E-state index contributed by atoms with van der Waals surface area (Å²) in [6.45, 7) is 3.62. The lowest BCUT2D eigenvalue weighted by molar-refractivity contribution is 0.691. The number of nitrogens with one attached hydrogen (secondary N) is 1. The van der Waals surface area contributed by atoms with Gasteiger partial charge in [0.1, 0.15) is 5.84 Å². The van der Waals surface area contributed by atoms with Gasteiger partial charge in [0.05, 0.1) is 28.2 Å². The van der Waals surface area contributed by atoms with Gasteiger partial charge >= 0.3 is 0 Å². The molecule has 0 aromatic carbocycles. The largest absolute Gasteiger partial charge is 0.384 e. The molecular formula is C10H13ClN6. The second-order valence-corrected chi connectivity index (χ2v) is 4.24. The molecule has 7 heteroatoms. The zero-order valence-electron chi connectivity index (χ0n) is 9.82. The molecule has 0 atom stereocenters. The molecule has 0 spiro atoms. The van der Waals surface area contributed by atoms with Crippen molar-refractivity contribution in [3.05, 3.63) is 28.2 Å². The summed E-state index contributed by atoms with van der Waals surface area (Å²) in [6, 6.07) is 0. The van der Waals surface area contributed by atoms with Gasteiger partial charge in [-0.2, -0.15) is 10.2 Å². The molecule has 0 unspecified atom stereocenters. The van der Waals surface area contributed by atoms with Gasteiger partial charge in [-0.1, -0.05) is 11.6 Å². The van der Waals surface area contributed by atoms with Crippen molar-refractivity contribution >= 4 is 17.4 Å². The zero-order chi connectivity index (χ0) is 12.7. The molecule has 2 heterocycles. The van der Waals surface area contributed by atoms with Gasteiger partial charge < -0.3 is 5.73 Å². The Kier molecular flexibility index (Phi) is 2.66. The second kappa shape index (κ2) is 3.89. The van der Waals surface area contributed by atoms with Gasteiger partial charge in [-0.05, 0) is 13.8 Å². The van der Waals surface area contributed by atoms with Crippen LogP contribution in [0.25, 0.3) is 5.82 Å². The van der Waals surface area contributed by atoms with Gasteiger partial charge in [0, 0.05) is 7.05 Å². The van der Waals surface area contributed by atoms with Gasteiger partial charge in [0.2, 0.25) is 0 Å². The Bertz CT molecular complexity index is 575. The summed E-state index contributed by atoms with van der Waals surface area (Å²) < 4.78 is 3.23. The Morgan fingerprint density at radius 1 is 1.35 bits per heavy atom. The quantitative estimate of drug-likeness (QED) is 0.621. The summed E-state index contributed by atoms with van der Waals surface area (Å²) in [6.07, 6.45) is 1.68. The zero-order valence-corrected chi connectivity index (χ0v) is 10.6. The van der Waals surface area contributed by atoms with Crippen LogP contribution in [0.15, 0.2) is 6.20 Å². The van der Waals surface area contributed by atoms with Gasteiger partial charge in [-0.3, -0.25) is 10.1 Å². The maximum absolute atomic E-state index is 7.59. The van der Waals surface area contributed by atoms with Crippen LogP contribution in [-0.2, 0) is 7.05 Å². The first-order valence-electron chi connectivity index (χ1n) is 5.02. The summed E-state index contributed by atoms with van der Waals surface area (Å²) >= 11 is 5.97. The lowest BCUT2D eigenvalue weighted by atomic mass is 10.2. The first-order valence-corrected chi connectivity index (χ1v) is 5.39. The van der Waals surface area contributed by atoms with Gasteiger partial charge in [-0.25, -0.2) is 4.68 Å². The van der Waals surface area contributed by atoms with Crippen LogP contribution in [0.2, 0.25) is 5.02 Å². The van der Waals surface area contributed by atoms with Crippen LogP contribution in [-0.4, -0.2) is 25.4 Å². The molecule has 0 radical (unpaired) electrons. The van der Waals surface area contributed by atoms with E-state index in [0.29, 0.717) is 22.1 Å². The van der Waals surface area contributed by atoms with Crippen molar-refractivity contribution in [2.45, 2.75) is 13.8 Å². The topological polar surface area (TPSA) is 85.5 Å². The van der Waals surface area contributed by atoms with Crippen molar-refractivity contribution < 1.29 is 0 Å². The molecule has 3 N–H and O–H groups in total. The molecule has 0 saturated heterocycles. The van der Waals surface area contributed by atoms with Crippen LogP contribution in [0.5, 0.6) is 0 Å². The minimum Gasteiger partial charge on any atom is -0.384 e. The maximum atomic E-state index is 7.59. The fraction of sp³-hybridized carbons (Fsp3) is 0.300. The minimum atomic E-state index is -0.0325. The third kappa shape index (κ3) is 1.80. The Hall–Kier alpha value is -1.82. The molecule has 0 aliphatic rings. The predicted molar refractivity (Wildman–Crippen MR) is 65.8 cm³/mol. The number of hydrogen-bond donors (Lipinski definition) is 2. The predicted octanol–water partition coefficient (Wildman–Crippen LogP) is 1.16. The number of nitrogen functional groups attached to an aromatic ring is 1. The smallest absolute Gasteiger partial charge is 0.163 e. The Morgan fingerprint density at radius 3 is 2.47 bits per heavy atom. The standard InChI is InChI=1S/C10H13ClN6/c1-5-7(11)4-17(15-5)10-8(9(12)13)6(2)14-16(10)3/h4H,1-3H3,(H3,12,13). The molecule has 0 aliphatic heterocycles. The average molecular weight is 253 g/mol. The first kappa shape index (κ1) is 11.7. The van der Waals surface area contributed by atoms with Crippen LogP contribution in [0.1, 0.15) is 17.0 Å². The summed E-state index contributed by atoms with van der Waals surface area (Å²) in [5.41, 5.74) is 7.56. The van der Waals surface area contributed by atoms with Crippen molar-refractivity contribution in [2.75, 3.05) is 0 Å². The normalized spacial score (nSPS) is 10.8.